The Balaban J connectivity index is 1.89. The molecule has 2 aromatic heterocycles. The first kappa shape index (κ1) is 14.3. The van der Waals surface area contributed by atoms with Gasteiger partial charge in [-0.2, -0.15) is 5.10 Å². The van der Waals surface area contributed by atoms with E-state index in [2.05, 4.69) is 36.4 Å². The van der Waals surface area contributed by atoms with Crippen molar-refractivity contribution in [3.8, 4) is 17.0 Å². The molecule has 0 atom stereocenters. The van der Waals surface area contributed by atoms with Crippen LogP contribution in [0.5, 0.6) is 5.75 Å². The molecule has 0 saturated carbocycles. The van der Waals surface area contributed by atoms with Crippen molar-refractivity contribution in [2.75, 3.05) is 5.32 Å². The lowest BCUT2D eigenvalue weighted by molar-refractivity contribution is 0.102. The number of benzene rings is 1. The maximum Gasteiger partial charge on any atom is 0.276 e. The number of aromatic hydroxyl groups is 1. The van der Waals surface area contributed by atoms with Gasteiger partial charge in [-0.3, -0.25) is 9.89 Å². The van der Waals surface area contributed by atoms with Crippen molar-refractivity contribution in [2.45, 2.75) is 0 Å². The van der Waals surface area contributed by atoms with Gasteiger partial charge in [-0.15, -0.1) is 0 Å². The maximum absolute atomic E-state index is 12.3. The van der Waals surface area contributed by atoms with Gasteiger partial charge in [0.25, 0.3) is 5.91 Å². The Bertz CT molecular complexity index is 817. The fraction of sp³-hybridized carbons (Fsp3) is 0. The Morgan fingerprint density at radius 3 is 2.68 bits per heavy atom. The Hall–Kier alpha value is -2.67. The van der Waals surface area contributed by atoms with Crippen molar-refractivity contribution in [1.29, 1.82) is 0 Å². The molecule has 22 heavy (non-hydrogen) atoms. The van der Waals surface area contributed by atoms with Crippen LogP contribution in [0.1, 0.15) is 10.5 Å². The number of pyridine rings is 1. The lowest BCUT2D eigenvalue weighted by atomic mass is 10.1. The van der Waals surface area contributed by atoms with E-state index in [4.69, 9.17) is 0 Å². The summed E-state index contributed by atoms with van der Waals surface area (Å²) in [6.45, 7) is 0. The average molecular weight is 359 g/mol. The first-order valence-electron chi connectivity index (χ1n) is 6.41. The molecule has 1 amide bonds. The maximum atomic E-state index is 12.3. The van der Waals surface area contributed by atoms with Crippen molar-refractivity contribution in [3.05, 3.63) is 58.8 Å². The molecule has 0 radical (unpaired) electrons. The zero-order chi connectivity index (χ0) is 15.5. The Labute approximate surface area is 134 Å². The van der Waals surface area contributed by atoms with Gasteiger partial charge in [0, 0.05) is 11.8 Å². The number of anilines is 1. The number of amides is 1. The molecule has 6 nitrogen and oxygen atoms in total. The fourth-order valence-corrected chi connectivity index (χ4v) is 2.52. The lowest BCUT2D eigenvalue weighted by Gasteiger charge is -2.04. The van der Waals surface area contributed by atoms with Crippen LogP contribution in [0.15, 0.2) is 53.1 Å². The van der Waals surface area contributed by atoms with E-state index in [9.17, 15) is 9.90 Å². The number of carbonyl (C=O) groups is 1. The standard InChI is InChI=1S/C15H11BrN4O2/c16-11-12(9-5-2-1-3-6-9)19-20-13(11)15(22)18-14-10(21)7-4-8-17-14/h1-8,21H,(H,19,20)(H,17,18,22). The third kappa shape index (κ3) is 2.71. The van der Waals surface area contributed by atoms with E-state index in [-0.39, 0.29) is 17.3 Å². The van der Waals surface area contributed by atoms with Crippen molar-refractivity contribution in [2.24, 2.45) is 0 Å². The molecule has 0 fully saturated rings. The molecule has 0 aliphatic rings. The van der Waals surface area contributed by atoms with E-state index in [0.717, 1.165) is 5.56 Å². The second-order valence-electron chi connectivity index (χ2n) is 4.45. The van der Waals surface area contributed by atoms with Crippen LogP contribution in [0.4, 0.5) is 5.82 Å². The van der Waals surface area contributed by atoms with Crippen LogP contribution in [0.25, 0.3) is 11.3 Å². The smallest absolute Gasteiger partial charge is 0.276 e. The minimum atomic E-state index is -0.449. The van der Waals surface area contributed by atoms with Crippen molar-refractivity contribution in [3.63, 3.8) is 0 Å². The summed E-state index contributed by atoms with van der Waals surface area (Å²) in [6.07, 6.45) is 1.48. The van der Waals surface area contributed by atoms with Gasteiger partial charge in [-0.05, 0) is 28.1 Å². The number of rotatable bonds is 3. The van der Waals surface area contributed by atoms with Crippen molar-refractivity contribution >= 4 is 27.7 Å². The minimum Gasteiger partial charge on any atom is -0.504 e. The Morgan fingerprint density at radius 2 is 1.95 bits per heavy atom. The van der Waals surface area contributed by atoms with Gasteiger partial charge in [0.15, 0.2) is 11.6 Å². The molecule has 1 aromatic carbocycles. The first-order valence-corrected chi connectivity index (χ1v) is 7.20. The van der Waals surface area contributed by atoms with E-state index < -0.39 is 5.91 Å². The van der Waals surface area contributed by atoms with E-state index >= 15 is 0 Å². The molecule has 0 aliphatic carbocycles. The van der Waals surface area contributed by atoms with Gasteiger partial charge in [0.1, 0.15) is 11.4 Å². The molecule has 2 heterocycles. The van der Waals surface area contributed by atoms with Crippen LogP contribution in [-0.4, -0.2) is 26.2 Å². The molecule has 3 aromatic rings. The van der Waals surface area contributed by atoms with Crippen LogP contribution in [0.2, 0.25) is 0 Å². The van der Waals surface area contributed by atoms with Gasteiger partial charge in [0.2, 0.25) is 0 Å². The van der Waals surface area contributed by atoms with Gasteiger partial charge >= 0.3 is 0 Å². The number of aromatic nitrogens is 3. The predicted octanol–water partition coefficient (Wildman–Crippen LogP) is 3.19. The first-order chi connectivity index (χ1) is 10.7. The molecule has 0 bridgehead atoms. The SMILES string of the molecule is O=C(Nc1ncccc1O)c1[nH]nc(-c2ccccc2)c1Br. The number of halogens is 1. The average Bonchev–Trinajstić information content (AvgIpc) is 2.92. The largest absolute Gasteiger partial charge is 0.504 e. The highest BCUT2D eigenvalue weighted by atomic mass is 79.9. The summed E-state index contributed by atoms with van der Waals surface area (Å²) in [4.78, 5) is 16.2. The topological polar surface area (TPSA) is 90.9 Å². The number of nitrogens with one attached hydrogen (secondary N) is 2. The summed E-state index contributed by atoms with van der Waals surface area (Å²) in [5.74, 6) is -0.458. The summed E-state index contributed by atoms with van der Waals surface area (Å²) in [6, 6.07) is 12.5. The minimum absolute atomic E-state index is 0.0928. The van der Waals surface area contributed by atoms with Crippen LogP contribution in [-0.2, 0) is 0 Å². The van der Waals surface area contributed by atoms with Crippen LogP contribution >= 0.6 is 15.9 Å². The highest BCUT2D eigenvalue weighted by molar-refractivity contribution is 9.10. The van der Waals surface area contributed by atoms with Gasteiger partial charge < -0.3 is 10.4 Å². The molecule has 0 spiro atoms. The summed E-state index contributed by atoms with van der Waals surface area (Å²) < 4.78 is 0.548. The molecule has 0 aliphatic heterocycles. The number of nitrogens with zero attached hydrogens (tertiary/aromatic N) is 2. The molecule has 0 saturated heterocycles. The summed E-state index contributed by atoms with van der Waals surface area (Å²) >= 11 is 3.38. The highest BCUT2D eigenvalue weighted by Gasteiger charge is 2.19. The number of hydrogen-bond acceptors (Lipinski definition) is 4. The summed E-state index contributed by atoms with van der Waals surface area (Å²) in [5.41, 5.74) is 1.77. The van der Waals surface area contributed by atoms with Crippen LogP contribution < -0.4 is 5.32 Å². The third-order valence-electron chi connectivity index (χ3n) is 3.00. The zero-order valence-electron chi connectivity index (χ0n) is 11.2. The Kier molecular flexibility index (Phi) is 3.88. The highest BCUT2D eigenvalue weighted by Crippen LogP contribution is 2.29. The molecular weight excluding hydrogens is 348 g/mol. The van der Waals surface area contributed by atoms with E-state index in [1.807, 2.05) is 30.3 Å². The molecule has 7 heteroatoms. The van der Waals surface area contributed by atoms with Crippen LogP contribution in [0.3, 0.4) is 0 Å². The van der Waals surface area contributed by atoms with Crippen molar-refractivity contribution in [1.82, 2.24) is 15.2 Å². The predicted molar refractivity (Wildman–Crippen MR) is 85.6 cm³/mol. The number of carbonyl (C=O) groups excluding carboxylic acids is 1. The zero-order valence-corrected chi connectivity index (χ0v) is 12.8. The number of aromatic amines is 1. The van der Waals surface area contributed by atoms with Gasteiger partial charge in [0.05, 0.1) is 4.47 Å². The van der Waals surface area contributed by atoms with Crippen LogP contribution in [0, 0.1) is 0 Å². The lowest BCUT2D eigenvalue weighted by Crippen LogP contribution is -2.14. The second-order valence-corrected chi connectivity index (χ2v) is 5.25. The fourth-order valence-electron chi connectivity index (χ4n) is 1.93. The van der Waals surface area contributed by atoms with E-state index in [1.54, 1.807) is 6.07 Å². The summed E-state index contributed by atoms with van der Waals surface area (Å²) in [5, 5.41) is 19.0. The van der Waals surface area contributed by atoms with Gasteiger partial charge in [-0.1, -0.05) is 30.3 Å². The monoisotopic (exact) mass is 358 g/mol. The van der Waals surface area contributed by atoms with Gasteiger partial charge in [-0.25, -0.2) is 4.98 Å². The quantitative estimate of drug-likeness (QED) is 0.670. The Morgan fingerprint density at radius 1 is 1.18 bits per heavy atom. The number of H-pyrrole nitrogens is 1. The second kappa shape index (κ2) is 5.98. The normalized spacial score (nSPS) is 10.4. The molecule has 0 unspecified atom stereocenters. The van der Waals surface area contributed by atoms with Crippen molar-refractivity contribution < 1.29 is 9.90 Å². The molecule has 3 N–H and O–H groups in total. The van der Waals surface area contributed by atoms with E-state index in [0.29, 0.717) is 10.2 Å². The molecule has 110 valence electrons. The van der Waals surface area contributed by atoms with E-state index in [1.165, 1.54) is 12.3 Å². The molecular formula is C15H11BrN4O2. The summed E-state index contributed by atoms with van der Waals surface area (Å²) in [7, 11) is 0. The third-order valence-corrected chi connectivity index (χ3v) is 3.77. The number of hydrogen-bond donors (Lipinski definition) is 3. The molecule has 3 rings (SSSR count).